The van der Waals surface area contributed by atoms with Gasteiger partial charge >= 0.3 is 0 Å². The third-order valence-electron chi connectivity index (χ3n) is 2.99. The number of hydrogen-bond acceptors (Lipinski definition) is 2. The summed E-state index contributed by atoms with van der Waals surface area (Å²) in [6.07, 6.45) is 0.192. The average molecular weight is 336 g/mol. The second-order valence-electron chi connectivity index (χ2n) is 4.82. The summed E-state index contributed by atoms with van der Waals surface area (Å²) in [5, 5.41) is 0. The van der Waals surface area contributed by atoms with Crippen LogP contribution in [0.4, 0.5) is 10.1 Å². The van der Waals surface area contributed by atoms with Crippen molar-refractivity contribution in [2.75, 3.05) is 19.0 Å². The Balaban J connectivity index is 2.15. The predicted molar refractivity (Wildman–Crippen MR) is 82.9 cm³/mol. The van der Waals surface area contributed by atoms with Crippen molar-refractivity contribution in [2.45, 2.75) is 6.42 Å². The van der Waals surface area contributed by atoms with Crippen molar-refractivity contribution in [3.8, 4) is 0 Å². The van der Waals surface area contributed by atoms with Crippen molar-refractivity contribution in [2.24, 2.45) is 0 Å². The first kappa shape index (κ1) is 14.7. The average Bonchev–Trinajstić information content (AvgIpc) is 2.37. The molecule has 2 aromatic carbocycles. The topological polar surface area (TPSA) is 20.3 Å². The molecule has 104 valence electrons. The van der Waals surface area contributed by atoms with E-state index in [-0.39, 0.29) is 18.0 Å². The molecule has 0 radical (unpaired) electrons. The van der Waals surface area contributed by atoms with Gasteiger partial charge in [-0.1, -0.05) is 15.9 Å². The maximum absolute atomic E-state index is 13.3. The minimum absolute atomic E-state index is 0.0205. The van der Waals surface area contributed by atoms with Crippen LogP contribution in [0.3, 0.4) is 0 Å². The normalized spacial score (nSPS) is 10.4. The number of ketones is 1. The highest BCUT2D eigenvalue weighted by Crippen LogP contribution is 2.18. The monoisotopic (exact) mass is 335 g/mol. The van der Waals surface area contributed by atoms with Gasteiger partial charge in [-0.3, -0.25) is 4.79 Å². The van der Waals surface area contributed by atoms with Gasteiger partial charge in [0.2, 0.25) is 0 Å². The number of carbonyl (C=O) groups is 1. The third kappa shape index (κ3) is 3.67. The van der Waals surface area contributed by atoms with Crippen LogP contribution in [-0.4, -0.2) is 19.9 Å². The van der Waals surface area contributed by atoms with E-state index in [9.17, 15) is 9.18 Å². The molecule has 0 saturated carbocycles. The molecule has 0 unspecified atom stereocenters. The number of benzene rings is 2. The van der Waals surface area contributed by atoms with E-state index in [1.807, 2.05) is 31.1 Å². The van der Waals surface area contributed by atoms with Gasteiger partial charge in [-0.15, -0.1) is 0 Å². The van der Waals surface area contributed by atoms with Crippen LogP contribution in [0, 0.1) is 5.82 Å². The summed E-state index contributed by atoms with van der Waals surface area (Å²) in [7, 11) is 3.89. The molecule has 0 aliphatic heterocycles. The Morgan fingerprint density at radius 3 is 2.35 bits per heavy atom. The summed E-state index contributed by atoms with van der Waals surface area (Å²) in [5.74, 6) is -0.363. The van der Waals surface area contributed by atoms with Crippen molar-refractivity contribution >= 4 is 27.4 Å². The molecule has 0 aliphatic rings. The summed E-state index contributed by atoms with van der Waals surface area (Å²) in [4.78, 5) is 14.1. The number of anilines is 1. The quantitative estimate of drug-likeness (QED) is 0.784. The fourth-order valence-electron chi connectivity index (χ4n) is 1.95. The number of carbonyl (C=O) groups excluding carboxylic acids is 1. The Bertz CT molecular complexity index is 603. The standard InChI is InChI=1S/C16H15BrFNO/c1-19(2)15-5-3-12(4-6-15)16(20)9-11-7-13(17)10-14(18)8-11/h3-8,10H,9H2,1-2H3. The molecule has 4 heteroatoms. The van der Waals surface area contributed by atoms with Crippen LogP contribution in [0.15, 0.2) is 46.9 Å². The highest BCUT2D eigenvalue weighted by Gasteiger charge is 2.09. The number of Topliss-reactive ketones (excluding diaryl/α,β-unsaturated/α-hetero) is 1. The Morgan fingerprint density at radius 1 is 1.15 bits per heavy atom. The first-order valence-electron chi connectivity index (χ1n) is 6.21. The lowest BCUT2D eigenvalue weighted by Gasteiger charge is -2.12. The van der Waals surface area contributed by atoms with Gasteiger partial charge in [0.1, 0.15) is 5.82 Å². The smallest absolute Gasteiger partial charge is 0.167 e. The SMILES string of the molecule is CN(C)c1ccc(C(=O)Cc2cc(F)cc(Br)c2)cc1. The van der Waals surface area contributed by atoms with E-state index in [0.717, 1.165) is 5.69 Å². The molecule has 0 fully saturated rings. The second kappa shape index (κ2) is 6.18. The van der Waals surface area contributed by atoms with Crippen molar-refractivity contribution < 1.29 is 9.18 Å². The molecule has 2 rings (SSSR count). The van der Waals surface area contributed by atoms with E-state index in [4.69, 9.17) is 0 Å². The van der Waals surface area contributed by atoms with Crippen LogP contribution in [0.2, 0.25) is 0 Å². The Hall–Kier alpha value is -1.68. The van der Waals surface area contributed by atoms with Crippen molar-refractivity contribution in [3.05, 3.63) is 63.9 Å². The fraction of sp³-hybridized carbons (Fsp3) is 0.188. The molecule has 0 aliphatic carbocycles. The maximum atomic E-state index is 13.3. The van der Waals surface area contributed by atoms with E-state index >= 15 is 0 Å². The fourth-order valence-corrected chi connectivity index (χ4v) is 2.46. The van der Waals surface area contributed by atoms with Gasteiger partial charge in [0.25, 0.3) is 0 Å². The molecule has 0 N–H and O–H groups in total. The van der Waals surface area contributed by atoms with Gasteiger partial charge in [0, 0.05) is 36.2 Å². The van der Waals surface area contributed by atoms with Gasteiger partial charge < -0.3 is 4.90 Å². The molecule has 0 aromatic heterocycles. The van der Waals surface area contributed by atoms with Gasteiger partial charge in [-0.2, -0.15) is 0 Å². The number of hydrogen-bond donors (Lipinski definition) is 0. The molecule has 0 heterocycles. The number of halogens is 2. The van der Waals surface area contributed by atoms with Crippen LogP contribution >= 0.6 is 15.9 Å². The molecule has 2 nitrogen and oxygen atoms in total. The molecule has 0 spiro atoms. The summed E-state index contributed by atoms with van der Waals surface area (Å²) >= 11 is 3.23. The number of nitrogens with zero attached hydrogens (tertiary/aromatic N) is 1. The van der Waals surface area contributed by atoms with Crippen LogP contribution in [-0.2, 0) is 6.42 Å². The lowest BCUT2D eigenvalue weighted by Crippen LogP contribution is -2.09. The summed E-state index contributed by atoms with van der Waals surface area (Å²) in [5.41, 5.74) is 2.34. The largest absolute Gasteiger partial charge is 0.378 e. The van der Waals surface area contributed by atoms with Gasteiger partial charge in [-0.25, -0.2) is 4.39 Å². The van der Waals surface area contributed by atoms with Crippen molar-refractivity contribution in [1.82, 2.24) is 0 Å². The maximum Gasteiger partial charge on any atom is 0.167 e. The van der Waals surface area contributed by atoms with Crippen LogP contribution in [0.5, 0.6) is 0 Å². The van der Waals surface area contributed by atoms with Gasteiger partial charge in [0.15, 0.2) is 5.78 Å². The Kier molecular flexibility index (Phi) is 4.55. The molecule has 20 heavy (non-hydrogen) atoms. The second-order valence-corrected chi connectivity index (χ2v) is 5.73. The molecule has 0 amide bonds. The lowest BCUT2D eigenvalue weighted by atomic mass is 10.0. The molecular weight excluding hydrogens is 321 g/mol. The predicted octanol–water partition coefficient (Wildman–Crippen LogP) is 4.08. The number of rotatable bonds is 4. The van der Waals surface area contributed by atoms with E-state index in [2.05, 4.69) is 15.9 Å². The minimum atomic E-state index is -0.342. The Morgan fingerprint density at radius 2 is 1.80 bits per heavy atom. The zero-order chi connectivity index (χ0) is 14.7. The van der Waals surface area contributed by atoms with Crippen LogP contribution in [0.25, 0.3) is 0 Å². The lowest BCUT2D eigenvalue weighted by molar-refractivity contribution is 0.0993. The third-order valence-corrected chi connectivity index (χ3v) is 3.45. The van der Waals surface area contributed by atoms with E-state index < -0.39 is 0 Å². The highest BCUT2D eigenvalue weighted by molar-refractivity contribution is 9.10. The van der Waals surface area contributed by atoms with Gasteiger partial charge in [0.05, 0.1) is 0 Å². The van der Waals surface area contributed by atoms with E-state index in [1.165, 1.54) is 12.1 Å². The summed E-state index contributed by atoms with van der Waals surface area (Å²) in [6.45, 7) is 0. The molecule has 0 atom stereocenters. The zero-order valence-corrected chi connectivity index (χ0v) is 12.9. The molecule has 0 saturated heterocycles. The van der Waals surface area contributed by atoms with Crippen molar-refractivity contribution in [1.29, 1.82) is 0 Å². The van der Waals surface area contributed by atoms with Crippen molar-refractivity contribution in [3.63, 3.8) is 0 Å². The Labute approximate surface area is 126 Å². The molecular formula is C16H15BrFNO. The molecule has 0 bridgehead atoms. The van der Waals surface area contributed by atoms with Gasteiger partial charge in [-0.05, 0) is 48.0 Å². The van der Waals surface area contributed by atoms with E-state index in [1.54, 1.807) is 18.2 Å². The zero-order valence-electron chi connectivity index (χ0n) is 11.4. The summed E-state index contributed by atoms with van der Waals surface area (Å²) < 4.78 is 13.9. The van der Waals surface area contributed by atoms with Crippen LogP contribution < -0.4 is 4.90 Å². The molecule has 2 aromatic rings. The van der Waals surface area contributed by atoms with Crippen LogP contribution in [0.1, 0.15) is 15.9 Å². The first-order chi connectivity index (χ1) is 9.45. The van der Waals surface area contributed by atoms with E-state index in [0.29, 0.717) is 15.6 Å². The highest BCUT2D eigenvalue weighted by atomic mass is 79.9. The first-order valence-corrected chi connectivity index (χ1v) is 7.00. The summed E-state index contributed by atoms with van der Waals surface area (Å²) in [6, 6.07) is 11.9. The minimum Gasteiger partial charge on any atom is -0.378 e.